The van der Waals surface area contributed by atoms with Gasteiger partial charge in [0.25, 0.3) is 0 Å². The van der Waals surface area contributed by atoms with Gasteiger partial charge < -0.3 is 9.47 Å². The fraction of sp³-hybridized carbons (Fsp3) is 0.632. The lowest BCUT2D eigenvalue weighted by Gasteiger charge is -2.41. The molecule has 2 atom stereocenters. The average molecular weight is 371 g/mol. The molecular weight excluding hydrogens is 347 g/mol. The van der Waals surface area contributed by atoms with Crippen LogP contribution >= 0.6 is 0 Å². The normalized spacial score (nSPS) is 25.0. The number of morpholine rings is 1. The van der Waals surface area contributed by atoms with Gasteiger partial charge in [-0.3, -0.25) is 9.69 Å². The molecule has 0 radical (unpaired) electrons. The summed E-state index contributed by atoms with van der Waals surface area (Å²) in [4.78, 5) is 14.6. The van der Waals surface area contributed by atoms with Crippen molar-refractivity contribution in [2.24, 2.45) is 0 Å². The lowest BCUT2D eigenvalue weighted by atomic mass is 9.91. The number of ether oxygens (including phenoxy) is 2. The van der Waals surface area contributed by atoms with Gasteiger partial charge in [-0.1, -0.05) is 24.6 Å². The van der Waals surface area contributed by atoms with E-state index in [-0.39, 0.29) is 24.1 Å². The molecule has 1 heterocycles. The first-order chi connectivity index (χ1) is 12.4. The second kappa shape index (κ2) is 8.39. The zero-order valence-electron chi connectivity index (χ0n) is 14.6. The van der Waals surface area contributed by atoms with E-state index in [4.69, 9.17) is 9.47 Å². The zero-order valence-corrected chi connectivity index (χ0v) is 14.6. The quantitative estimate of drug-likeness (QED) is 0.760. The van der Waals surface area contributed by atoms with Gasteiger partial charge in [-0.25, -0.2) is 0 Å². The lowest BCUT2D eigenvalue weighted by Crippen LogP contribution is -2.51. The van der Waals surface area contributed by atoms with Crippen molar-refractivity contribution in [1.82, 2.24) is 4.90 Å². The first-order valence-corrected chi connectivity index (χ1v) is 9.11. The molecule has 3 rings (SSSR count). The Kier molecular flexibility index (Phi) is 6.19. The standard InChI is InChI=1S/C19H24F3NO3/c20-19(21,22)15-6-2-1-5-14(15)13-18(24)26-17-8-4-3-7-16(17)23-9-11-25-12-10-23/h1-2,5-6,16-17H,3-4,7-13H2. The van der Waals surface area contributed by atoms with Gasteiger partial charge in [0.1, 0.15) is 6.10 Å². The Hall–Kier alpha value is -1.60. The second-order valence-corrected chi connectivity index (χ2v) is 6.86. The fourth-order valence-corrected chi connectivity index (χ4v) is 3.86. The molecule has 0 N–H and O–H groups in total. The van der Waals surface area contributed by atoms with E-state index in [1.54, 1.807) is 0 Å². The third-order valence-electron chi connectivity index (χ3n) is 5.12. The van der Waals surface area contributed by atoms with Crippen LogP contribution in [0, 0.1) is 0 Å². The zero-order chi connectivity index (χ0) is 18.6. The first-order valence-electron chi connectivity index (χ1n) is 9.11. The maximum atomic E-state index is 13.1. The highest BCUT2D eigenvalue weighted by molar-refractivity contribution is 5.73. The van der Waals surface area contributed by atoms with Crippen LogP contribution in [0.15, 0.2) is 24.3 Å². The van der Waals surface area contributed by atoms with Crippen molar-refractivity contribution in [2.45, 2.75) is 50.4 Å². The molecule has 1 saturated carbocycles. The monoisotopic (exact) mass is 371 g/mol. The van der Waals surface area contributed by atoms with Crippen LogP contribution in [-0.4, -0.2) is 49.3 Å². The molecule has 1 aliphatic carbocycles. The summed E-state index contributed by atoms with van der Waals surface area (Å²) in [5.41, 5.74) is -0.811. The van der Waals surface area contributed by atoms with Crippen LogP contribution in [0.4, 0.5) is 13.2 Å². The van der Waals surface area contributed by atoms with Crippen molar-refractivity contribution in [3.8, 4) is 0 Å². The molecule has 0 amide bonds. The topological polar surface area (TPSA) is 38.8 Å². The minimum absolute atomic E-state index is 0.0382. The Bertz CT molecular complexity index is 614. The molecule has 1 aromatic carbocycles. The maximum absolute atomic E-state index is 13.1. The Labute approximate surface area is 151 Å². The number of rotatable bonds is 4. The fourth-order valence-electron chi connectivity index (χ4n) is 3.86. The number of alkyl halides is 3. The van der Waals surface area contributed by atoms with E-state index < -0.39 is 17.7 Å². The van der Waals surface area contributed by atoms with Crippen LogP contribution in [0.2, 0.25) is 0 Å². The van der Waals surface area contributed by atoms with Gasteiger partial charge >= 0.3 is 12.1 Å². The molecule has 1 aliphatic heterocycles. The Balaban J connectivity index is 1.65. The molecule has 0 spiro atoms. The molecule has 1 aromatic rings. The van der Waals surface area contributed by atoms with Crippen molar-refractivity contribution >= 4 is 5.97 Å². The summed E-state index contributed by atoms with van der Waals surface area (Å²) in [7, 11) is 0. The van der Waals surface area contributed by atoms with E-state index in [0.717, 1.165) is 44.8 Å². The summed E-state index contributed by atoms with van der Waals surface area (Å²) in [5, 5.41) is 0. The van der Waals surface area contributed by atoms with Crippen LogP contribution in [-0.2, 0) is 26.9 Å². The number of esters is 1. The van der Waals surface area contributed by atoms with Crippen LogP contribution in [0.25, 0.3) is 0 Å². The van der Waals surface area contributed by atoms with E-state index >= 15 is 0 Å². The van der Waals surface area contributed by atoms with Crippen LogP contribution in [0.5, 0.6) is 0 Å². The third-order valence-corrected chi connectivity index (χ3v) is 5.12. The summed E-state index contributed by atoms with van der Waals surface area (Å²) >= 11 is 0. The average Bonchev–Trinajstić information content (AvgIpc) is 2.62. The molecular formula is C19H24F3NO3. The van der Waals surface area contributed by atoms with Crippen molar-refractivity contribution in [3.05, 3.63) is 35.4 Å². The molecule has 7 heteroatoms. The van der Waals surface area contributed by atoms with Crippen molar-refractivity contribution < 1.29 is 27.4 Å². The molecule has 0 aromatic heterocycles. The van der Waals surface area contributed by atoms with Crippen LogP contribution in [0.3, 0.4) is 0 Å². The molecule has 26 heavy (non-hydrogen) atoms. The predicted molar refractivity (Wildman–Crippen MR) is 89.7 cm³/mol. The highest BCUT2D eigenvalue weighted by atomic mass is 19.4. The SMILES string of the molecule is O=C(Cc1ccccc1C(F)(F)F)OC1CCCCC1N1CCOCC1. The van der Waals surface area contributed by atoms with Crippen LogP contribution < -0.4 is 0 Å². The van der Waals surface area contributed by atoms with Gasteiger partial charge in [0.15, 0.2) is 0 Å². The molecule has 1 saturated heterocycles. The van der Waals surface area contributed by atoms with Gasteiger partial charge in [0.05, 0.1) is 25.2 Å². The number of benzene rings is 1. The molecule has 4 nitrogen and oxygen atoms in total. The van der Waals surface area contributed by atoms with E-state index in [1.807, 2.05) is 0 Å². The lowest BCUT2D eigenvalue weighted by molar-refractivity contribution is -0.155. The van der Waals surface area contributed by atoms with Crippen molar-refractivity contribution in [3.63, 3.8) is 0 Å². The van der Waals surface area contributed by atoms with Crippen LogP contribution in [0.1, 0.15) is 36.8 Å². The highest BCUT2D eigenvalue weighted by Gasteiger charge is 2.35. The summed E-state index contributed by atoms with van der Waals surface area (Å²) < 4.78 is 50.3. The largest absolute Gasteiger partial charge is 0.460 e. The van der Waals surface area contributed by atoms with Gasteiger partial charge in [-0.2, -0.15) is 13.2 Å². The van der Waals surface area contributed by atoms with E-state index in [9.17, 15) is 18.0 Å². The molecule has 2 fully saturated rings. The van der Waals surface area contributed by atoms with Crippen molar-refractivity contribution in [1.29, 1.82) is 0 Å². The molecule has 0 bridgehead atoms. The second-order valence-electron chi connectivity index (χ2n) is 6.86. The first kappa shape index (κ1) is 19.2. The van der Waals surface area contributed by atoms with Gasteiger partial charge in [-0.05, 0) is 30.9 Å². The summed E-state index contributed by atoms with van der Waals surface area (Å²) in [6.45, 7) is 2.93. The Morgan fingerprint density at radius 1 is 1.15 bits per heavy atom. The Morgan fingerprint density at radius 3 is 2.58 bits per heavy atom. The van der Waals surface area contributed by atoms with Gasteiger partial charge in [0, 0.05) is 19.1 Å². The number of carbonyl (C=O) groups is 1. The number of carbonyl (C=O) groups excluding carboxylic acids is 1. The minimum Gasteiger partial charge on any atom is -0.460 e. The van der Waals surface area contributed by atoms with E-state index in [0.29, 0.717) is 13.2 Å². The van der Waals surface area contributed by atoms with Gasteiger partial charge in [-0.15, -0.1) is 0 Å². The summed E-state index contributed by atoms with van der Waals surface area (Å²) in [5.74, 6) is -0.591. The highest BCUT2D eigenvalue weighted by Crippen LogP contribution is 2.32. The molecule has 2 aliphatic rings. The summed E-state index contributed by atoms with van der Waals surface area (Å²) in [6.07, 6.45) is -1.34. The number of hydrogen-bond acceptors (Lipinski definition) is 4. The summed E-state index contributed by atoms with van der Waals surface area (Å²) in [6, 6.07) is 5.31. The Morgan fingerprint density at radius 2 is 1.85 bits per heavy atom. The van der Waals surface area contributed by atoms with Crippen molar-refractivity contribution in [2.75, 3.05) is 26.3 Å². The smallest absolute Gasteiger partial charge is 0.416 e. The van der Waals surface area contributed by atoms with E-state index in [2.05, 4.69) is 4.90 Å². The number of nitrogens with zero attached hydrogens (tertiary/aromatic N) is 1. The number of hydrogen-bond donors (Lipinski definition) is 0. The van der Waals surface area contributed by atoms with E-state index in [1.165, 1.54) is 18.2 Å². The number of halogens is 3. The third kappa shape index (κ3) is 4.76. The predicted octanol–water partition coefficient (Wildman–Crippen LogP) is 3.43. The minimum atomic E-state index is -4.47. The molecule has 144 valence electrons. The van der Waals surface area contributed by atoms with Gasteiger partial charge in [0.2, 0.25) is 0 Å². The molecule has 2 unspecified atom stereocenters. The maximum Gasteiger partial charge on any atom is 0.416 e.